The van der Waals surface area contributed by atoms with Crippen molar-refractivity contribution < 1.29 is 0 Å². The topological polar surface area (TPSA) is 12.0 Å². The normalized spacial score (nSPS) is 24.9. The summed E-state index contributed by atoms with van der Waals surface area (Å²) in [5.41, 5.74) is 3.32. The first-order chi connectivity index (χ1) is 7.04. The van der Waals surface area contributed by atoms with E-state index >= 15 is 0 Å². The van der Waals surface area contributed by atoms with Gasteiger partial charge >= 0.3 is 0 Å². The Morgan fingerprint density at radius 1 is 1.40 bits per heavy atom. The summed E-state index contributed by atoms with van der Waals surface area (Å²) in [7, 11) is 2.07. The van der Waals surface area contributed by atoms with Crippen LogP contribution in [0, 0.1) is 18.3 Å². The summed E-state index contributed by atoms with van der Waals surface area (Å²) >= 11 is 0. The second kappa shape index (κ2) is 3.64. The molecule has 1 heteroatoms. The predicted molar refractivity (Wildman–Crippen MR) is 64.9 cm³/mol. The molecule has 0 bridgehead atoms. The van der Waals surface area contributed by atoms with Crippen molar-refractivity contribution in [1.82, 2.24) is 5.32 Å². The van der Waals surface area contributed by atoms with E-state index in [1.54, 1.807) is 0 Å². The van der Waals surface area contributed by atoms with E-state index in [-0.39, 0.29) is 0 Å². The fraction of sp³-hybridized carbons (Fsp3) is 0.571. The highest BCUT2D eigenvalue weighted by Gasteiger charge is 2.49. The average molecular weight is 203 g/mol. The van der Waals surface area contributed by atoms with Crippen molar-refractivity contribution in [3.05, 3.63) is 35.4 Å². The molecule has 82 valence electrons. The van der Waals surface area contributed by atoms with Crippen LogP contribution in [0.25, 0.3) is 0 Å². The van der Waals surface area contributed by atoms with Crippen molar-refractivity contribution >= 4 is 0 Å². The molecule has 15 heavy (non-hydrogen) atoms. The minimum atomic E-state index is 0.525. The minimum Gasteiger partial charge on any atom is -0.313 e. The van der Waals surface area contributed by atoms with Crippen LogP contribution in [0.1, 0.15) is 37.4 Å². The fourth-order valence-electron chi connectivity index (χ4n) is 2.54. The van der Waals surface area contributed by atoms with E-state index in [2.05, 4.69) is 57.4 Å². The Hall–Kier alpha value is -0.820. The number of nitrogens with one attached hydrogen (secondary N) is 1. The van der Waals surface area contributed by atoms with Crippen LogP contribution >= 0.6 is 0 Å². The lowest BCUT2D eigenvalue weighted by Gasteiger charge is -2.19. The van der Waals surface area contributed by atoms with Gasteiger partial charge in [-0.3, -0.25) is 0 Å². The second-order valence-electron chi connectivity index (χ2n) is 5.48. The Bertz CT molecular complexity index is 354. The van der Waals surface area contributed by atoms with Gasteiger partial charge in [0.1, 0.15) is 0 Å². The van der Waals surface area contributed by atoms with Gasteiger partial charge in [0.2, 0.25) is 0 Å². The molecular formula is C14H21N. The summed E-state index contributed by atoms with van der Waals surface area (Å²) in [6.45, 7) is 6.88. The smallest absolute Gasteiger partial charge is 0.0351 e. The molecule has 0 aromatic heterocycles. The van der Waals surface area contributed by atoms with Crippen molar-refractivity contribution in [2.45, 2.75) is 33.2 Å². The van der Waals surface area contributed by atoms with Gasteiger partial charge in [-0.2, -0.15) is 0 Å². The van der Waals surface area contributed by atoms with Gasteiger partial charge in [0.15, 0.2) is 0 Å². The van der Waals surface area contributed by atoms with Crippen LogP contribution < -0.4 is 5.32 Å². The molecule has 1 aliphatic carbocycles. The zero-order chi connectivity index (χ0) is 11.1. The maximum atomic E-state index is 3.46. The van der Waals surface area contributed by atoms with Crippen LogP contribution in [0.4, 0.5) is 0 Å². The molecule has 1 fully saturated rings. The highest BCUT2D eigenvalue weighted by atomic mass is 14.9. The standard InChI is InChI=1S/C14H21N/c1-10-6-5-7-11(8-10)13(15-4)12-9-14(12,2)3/h5-8,12-13,15H,9H2,1-4H3. The molecule has 0 radical (unpaired) electrons. The van der Waals surface area contributed by atoms with Crippen LogP contribution in [-0.2, 0) is 0 Å². The van der Waals surface area contributed by atoms with Crippen molar-refractivity contribution in [3.8, 4) is 0 Å². The molecule has 1 aromatic rings. The van der Waals surface area contributed by atoms with Crippen molar-refractivity contribution in [3.63, 3.8) is 0 Å². The van der Waals surface area contributed by atoms with Gasteiger partial charge in [-0.15, -0.1) is 0 Å². The van der Waals surface area contributed by atoms with Crippen LogP contribution in [0.5, 0.6) is 0 Å². The predicted octanol–water partition coefficient (Wildman–Crippen LogP) is 3.30. The zero-order valence-electron chi connectivity index (χ0n) is 10.2. The number of hydrogen-bond donors (Lipinski definition) is 1. The fourth-order valence-corrected chi connectivity index (χ4v) is 2.54. The summed E-state index contributed by atoms with van der Waals surface area (Å²) in [5, 5.41) is 3.46. The quantitative estimate of drug-likeness (QED) is 0.794. The first-order valence-corrected chi connectivity index (χ1v) is 5.78. The highest BCUT2D eigenvalue weighted by Crippen LogP contribution is 2.57. The summed E-state index contributed by atoms with van der Waals surface area (Å²) in [6.07, 6.45) is 1.34. The molecule has 1 aromatic carbocycles. The largest absolute Gasteiger partial charge is 0.313 e. The summed E-state index contributed by atoms with van der Waals surface area (Å²) in [4.78, 5) is 0. The monoisotopic (exact) mass is 203 g/mol. The van der Waals surface area contributed by atoms with Gasteiger partial charge in [0.05, 0.1) is 0 Å². The first kappa shape index (κ1) is 10.7. The van der Waals surface area contributed by atoms with E-state index in [4.69, 9.17) is 0 Å². The molecule has 1 N–H and O–H groups in total. The molecule has 2 rings (SSSR count). The van der Waals surface area contributed by atoms with Crippen LogP contribution in [-0.4, -0.2) is 7.05 Å². The average Bonchev–Trinajstić information content (AvgIpc) is 2.76. The van der Waals surface area contributed by atoms with E-state index in [9.17, 15) is 0 Å². The van der Waals surface area contributed by atoms with E-state index < -0.39 is 0 Å². The van der Waals surface area contributed by atoms with Gasteiger partial charge in [-0.25, -0.2) is 0 Å². The molecule has 0 heterocycles. The Labute approximate surface area is 92.9 Å². The van der Waals surface area contributed by atoms with Crippen LogP contribution in [0.2, 0.25) is 0 Å². The van der Waals surface area contributed by atoms with E-state index in [0.717, 1.165) is 5.92 Å². The lowest BCUT2D eigenvalue weighted by molar-refractivity contribution is 0.441. The third kappa shape index (κ3) is 2.07. The van der Waals surface area contributed by atoms with Gasteiger partial charge in [0.25, 0.3) is 0 Å². The second-order valence-corrected chi connectivity index (χ2v) is 5.48. The molecule has 0 amide bonds. The minimum absolute atomic E-state index is 0.525. The molecule has 1 nitrogen and oxygen atoms in total. The van der Waals surface area contributed by atoms with Crippen molar-refractivity contribution in [2.75, 3.05) is 7.05 Å². The Balaban J connectivity index is 2.21. The van der Waals surface area contributed by atoms with Gasteiger partial charge in [-0.1, -0.05) is 43.7 Å². The summed E-state index contributed by atoms with van der Waals surface area (Å²) in [5.74, 6) is 0.796. The van der Waals surface area contributed by atoms with Gasteiger partial charge in [0, 0.05) is 6.04 Å². The maximum Gasteiger partial charge on any atom is 0.0351 e. The number of hydrogen-bond acceptors (Lipinski definition) is 1. The number of benzene rings is 1. The molecular weight excluding hydrogens is 182 g/mol. The van der Waals surface area contributed by atoms with Gasteiger partial charge < -0.3 is 5.32 Å². The van der Waals surface area contributed by atoms with Crippen molar-refractivity contribution in [2.24, 2.45) is 11.3 Å². The molecule has 0 spiro atoms. The Morgan fingerprint density at radius 2 is 2.07 bits per heavy atom. The van der Waals surface area contributed by atoms with E-state index in [0.29, 0.717) is 11.5 Å². The molecule has 2 unspecified atom stereocenters. The SMILES string of the molecule is CNC(c1cccc(C)c1)C1CC1(C)C. The first-order valence-electron chi connectivity index (χ1n) is 5.78. The summed E-state index contributed by atoms with van der Waals surface area (Å²) in [6, 6.07) is 9.39. The van der Waals surface area contributed by atoms with Crippen LogP contribution in [0.15, 0.2) is 24.3 Å². The molecule has 1 aliphatic rings. The van der Waals surface area contributed by atoms with E-state index in [1.165, 1.54) is 17.5 Å². The Morgan fingerprint density at radius 3 is 2.53 bits per heavy atom. The third-order valence-corrected chi connectivity index (χ3v) is 3.70. The maximum absolute atomic E-state index is 3.46. The molecule has 0 saturated heterocycles. The Kier molecular flexibility index (Phi) is 2.59. The van der Waals surface area contributed by atoms with E-state index in [1.807, 2.05) is 0 Å². The zero-order valence-corrected chi connectivity index (χ0v) is 10.2. The molecule has 1 saturated carbocycles. The lowest BCUT2D eigenvalue weighted by atomic mass is 9.96. The number of rotatable bonds is 3. The highest BCUT2D eigenvalue weighted by molar-refractivity contribution is 5.27. The number of aryl methyl sites for hydroxylation is 1. The third-order valence-electron chi connectivity index (χ3n) is 3.70. The van der Waals surface area contributed by atoms with Crippen molar-refractivity contribution in [1.29, 1.82) is 0 Å². The van der Waals surface area contributed by atoms with Crippen LogP contribution in [0.3, 0.4) is 0 Å². The molecule has 2 atom stereocenters. The summed E-state index contributed by atoms with van der Waals surface area (Å²) < 4.78 is 0. The lowest BCUT2D eigenvalue weighted by Crippen LogP contribution is -2.20. The van der Waals surface area contributed by atoms with Gasteiger partial charge in [-0.05, 0) is 37.3 Å². The molecule has 0 aliphatic heterocycles.